The number of rotatable bonds is 7. The number of halogens is 2. The van der Waals surface area contributed by atoms with Crippen LogP contribution in [0.3, 0.4) is 0 Å². The summed E-state index contributed by atoms with van der Waals surface area (Å²) in [5.41, 5.74) is 5.81. The van der Waals surface area contributed by atoms with Crippen LogP contribution in [0.4, 0.5) is 8.78 Å². The summed E-state index contributed by atoms with van der Waals surface area (Å²) in [6.07, 6.45) is 4.17. The van der Waals surface area contributed by atoms with Crippen molar-refractivity contribution in [2.75, 3.05) is 0 Å². The van der Waals surface area contributed by atoms with Crippen molar-refractivity contribution in [3.8, 4) is 0 Å². The normalized spacial score (nSPS) is 15.8. The lowest BCUT2D eigenvalue weighted by atomic mass is 10.0. The molecule has 1 aromatic heterocycles. The minimum atomic E-state index is -0.712. The maximum Gasteiger partial charge on any atom is 0.270 e. The molecule has 1 atom stereocenters. The van der Waals surface area contributed by atoms with Crippen LogP contribution < -0.4 is 5.73 Å². The van der Waals surface area contributed by atoms with Crippen molar-refractivity contribution in [2.24, 2.45) is 10.8 Å². The Bertz CT molecular complexity index is 935. The van der Waals surface area contributed by atoms with Crippen LogP contribution in [0.5, 0.6) is 0 Å². The molecule has 0 bridgehead atoms. The second-order valence-corrected chi connectivity index (χ2v) is 6.34. The molecule has 146 valence electrons. The van der Waals surface area contributed by atoms with E-state index in [0.29, 0.717) is 36.9 Å². The molecule has 0 saturated carbocycles. The molecule has 10 heteroatoms. The monoisotopic (exact) mass is 388 g/mol. The predicted molar refractivity (Wildman–Crippen MR) is 96.0 cm³/mol. The van der Waals surface area contributed by atoms with Crippen LogP contribution in [-0.2, 0) is 11.3 Å². The Morgan fingerprint density at radius 3 is 2.61 bits per heavy atom. The van der Waals surface area contributed by atoms with Crippen molar-refractivity contribution in [1.82, 2.24) is 20.0 Å². The summed E-state index contributed by atoms with van der Waals surface area (Å²) in [4.78, 5) is 23.7. The molecule has 2 N–H and O–H groups in total. The third-order valence-corrected chi connectivity index (χ3v) is 4.27. The van der Waals surface area contributed by atoms with Crippen LogP contribution in [0.2, 0.25) is 0 Å². The molecule has 0 radical (unpaired) electrons. The van der Waals surface area contributed by atoms with Crippen molar-refractivity contribution < 1.29 is 18.4 Å². The van der Waals surface area contributed by atoms with Crippen molar-refractivity contribution in [3.63, 3.8) is 0 Å². The van der Waals surface area contributed by atoms with Crippen LogP contribution >= 0.6 is 0 Å². The zero-order chi connectivity index (χ0) is 20.3. The van der Waals surface area contributed by atoms with E-state index in [4.69, 9.17) is 5.73 Å². The number of carbonyl (C=O) groups excluding carboxylic acids is 2. The fraction of sp³-hybridized carbons (Fsp3) is 0.278. The van der Waals surface area contributed by atoms with Gasteiger partial charge in [-0.25, -0.2) is 13.8 Å². The molecular formula is C18H18F2N6O2. The second-order valence-electron chi connectivity index (χ2n) is 6.34. The lowest BCUT2D eigenvalue weighted by molar-refractivity contribution is -0.129. The van der Waals surface area contributed by atoms with Gasteiger partial charge >= 0.3 is 0 Å². The third kappa shape index (κ3) is 4.27. The average Bonchev–Trinajstić information content (AvgIpc) is 3.29. The van der Waals surface area contributed by atoms with Crippen molar-refractivity contribution in [3.05, 3.63) is 59.4 Å². The summed E-state index contributed by atoms with van der Waals surface area (Å²) < 4.78 is 28.5. The number of hydrazone groups is 1. The number of hydrogen-bond acceptors (Lipinski definition) is 5. The first kappa shape index (κ1) is 19.3. The summed E-state index contributed by atoms with van der Waals surface area (Å²) in [7, 11) is 0. The maximum absolute atomic E-state index is 13.5. The number of nitrogens with two attached hydrogens (primary N) is 1. The molecule has 0 saturated heterocycles. The lowest BCUT2D eigenvalue weighted by Gasteiger charge is -2.23. The number of hydrogen-bond donors (Lipinski definition) is 1. The van der Waals surface area contributed by atoms with Crippen LogP contribution in [0.25, 0.3) is 0 Å². The van der Waals surface area contributed by atoms with Gasteiger partial charge in [0.25, 0.3) is 11.8 Å². The van der Waals surface area contributed by atoms with Gasteiger partial charge in [0.15, 0.2) is 5.69 Å². The number of nitrogens with zero attached hydrogens (tertiary/aromatic N) is 5. The Labute approximate surface area is 159 Å². The maximum atomic E-state index is 13.5. The molecule has 0 spiro atoms. The smallest absolute Gasteiger partial charge is 0.270 e. The minimum Gasteiger partial charge on any atom is -0.364 e. The summed E-state index contributed by atoms with van der Waals surface area (Å²) in [5.74, 6) is -2.51. The van der Waals surface area contributed by atoms with Gasteiger partial charge in [0, 0.05) is 30.8 Å². The highest BCUT2D eigenvalue weighted by atomic mass is 19.1. The van der Waals surface area contributed by atoms with E-state index in [1.807, 2.05) is 0 Å². The lowest BCUT2D eigenvalue weighted by Crippen LogP contribution is -2.28. The topological polar surface area (TPSA) is 106 Å². The Hall–Kier alpha value is -3.43. The average molecular weight is 388 g/mol. The van der Waals surface area contributed by atoms with Gasteiger partial charge in [-0.3, -0.25) is 14.3 Å². The van der Waals surface area contributed by atoms with Crippen LogP contribution in [0.1, 0.15) is 41.4 Å². The standard InChI is InChI=1S/C18H18F2N6O2/c1-11(3-2-6-25-10-15(17(21)27)23-24-25)18(28)26-16(4-5-22-26)12-7-13(19)9-14(20)8-12/h5,7-10,16H,1-4,6H2,(H2,21,27). The molecule has 1 aliphatic rings. The quantitative estimate of drug-likeness (QED) is 0.732. The van der Waals surface area contributed by atoms with Gasteiger partial charge in [-0.2, -0.15) is 5.10 Å². The first-order chi connectivity index (χ1) is 13.3. The molecule has 8 nitrogen and oxygen atoms in total. The Morgan fingerprint density at radius 2 is 1.96 bits per heavy atom. The van der Waals surface area contributed by atoms with Crippen molar-refractivity contribution >= 4 is 18.0 Å². The molecular weight excluding hydrogens is 370 g/mol. The largest absolute Gasteiger partial charge is 0.364 e. The molecule has 2 heterocycles. The molecule has 28 heavy (non-hydrogen) atoms. The van der Waals surface area contributed by atoms with Gasteiger partial charge in [0.05, 0.1) is 12.2 Å². The summed E-state index contributed by atoms with van der Waals surface area (Å²) in [6.45, 7) is 4.21. The van der Waals surface area contributed by atoms with Crippen LogP contribution in [0, 0.1) is 11.6 Å². The second kappa shape index (κ2) is 8.07. The van der Waals surface area contributed by atoms with E-state index >= 15 is 0 Å². The first-order valence-corrected chi connectivity index (χ1v) is 8.55. The van der Waals surface area contributed by atoms with Gasteiger partial charge < -0.3 is 5.73 Å². The highest BCUT2D eigenvalue weighted by Gasteiger charge is 2.30. The first-order valence-electron chi connectivity index (χ1n) is 8.55. The Balaban J connectivity index is 1.59. The fourth-order valence-corrected chi connectivity index (χ4v) is 2.90. The zero-order valence-corrected chi connectivity index (χ0v) is 14.9. The number of benzene rings is 1. The number of carbonyl (C=O) groups is 2. The fourth-order valence-electron chi connectivity index (χ4n) is 2.90. The molecule has 2 amide bonds. The van der Waals surface area contributed by atoms with Crippen molar-refractivity contribution in [2.45, 2.75) is 31.8 Å². The Morgan fingerprint density at radius 1 is 1.25 bits per heavy atom. The third-order valence-electron chi connectivity index (χ3n) is 4.27. The van der Waals surface area contributed by atoms with E-state index < -0.39 is 29.5 Å². The van der Waals surface area contributed by atoms with Gasteiger partial charge in [-0.05, 0) is 30.5 Å². The zero-order valence-electron chi connectivity index (χ0n) is 14.9. The highest BCUT2D eigenvalue weighted by Crippen LogP contribution is 2.30. The van der Waals surface area contributed by atoms with E-state index in [0.717, 1.165) is 6.07 Å². The van der Waals surface area contributed by atoms with E-state index in [9.17, 15) is 18.4 Å². The van der Waals surface area contributed by atoms with E-state index in [-0.39, 0.29) is 5.69 Å². The summed E-state index contributed by atoms with van der Waals surface area (Å²) in [5, 5.41) is 12.6. The molecule has 1 unspecified atom stereocenters. The molecule has 0 aliphatic carbocycles. The number of aromatic nitrogens is 3. The Kier molecular flexibility index (Phi) is 5.57. The molecule has 2 aromatic rings. The van der Waals surface area contributed by atoms with Crippen molar-refractivity contribution in [1.29, 1.82) is 0 Å². The molecule has 1 aliphatic heterocycles. The highest BCUT2D eigenvalue weighted by molar-refractivity contribution is 5.94. The van der Waals surface area contributed by atoms with Gasteiger partial charge in [-0.15, -0.1) is 5.10 Å². The van der Waals surface area contributed by atoms with Crippen LogP contribution in [-0.4, -0.2) is 38.0 Å². The molecule has 1 aromatic carbocycles. The van der Waals surface area contributed by atoms with Gasteiger partial charge in [-0.1, -0.05) is 11.8 Å². The van der Waals surface area contributed by atoms with E-state index in [1.165, 1.54) is 34.2 Å². The molecule has 0 fully saturated rings. The van der Waals surface area contributed by atoms with Crippen LogP contribution in [0.15, 0.2) is 41.6 Å². The molecule has 3 rings (SSSR count). The SMILES string of the molecule is C=C(CCCn1cc(C(N)=O)nn1)C(=O)N1N=CCC1c1cc(F)cc(F)c1. The minimum absolute atomic E-state index is 0.0616. The van der Waals surface area contributed by atoms with E-state index in [2.05, 4.69) is 22.0 Å². The number of amides is 2. The number of aryl methyl sites for hydroxylation is 1. The van der Waals surface area contributed by atoms with Gasteiger partial charge in [0.2, 0.25) is 0 Å². The van der Waals surface area contributed by atoms with Gasteiger partial charge in [0.1, 0.15) is 11.6 Å². The summed E-state index contributed by atoms with van der Waals surface area (Å²) >= 11 is 0. The predicted octanol–water partition coefficient (Wildman–Crippen LogP) is 1.95. The van der Waals surface area contributed by atoms with E-state index in [1.54, 1.807) is 0 Å². The number of primary amides is 1. The summed E-state index contributed by atoms with van der Waals surface area (Å²) in [6, 6.07) is 2.57.